The van der Waals surface area contributed by atoms with Crippen molar-refractivity contribution in [1.82, 2.24) is 19.9 Å². The number of amides is 1. The predicted octanol–water partition coefficient (Wildman–Crippen LogP) is 0.712. The van der Waals surface area contributed by atoms with E-state index in [9.17, 15) is 9.59 Å². The summed E-state index contributed by atoms with van der Waals surface area (Å²) in [6.45, 7) is 0. The average Bonchev–Trinajstić information content (AvgIpc) is 3.05. The molecule has 0 radical (unpaired) electrons. The minimum absolute atomic E-state index is 0.0693. The Kier molecular flexibility index (Phi) is 3.09. The van der Waals surface area contributed by atoms with Crippen molar-refractivity contribution >= 4 is 17.5 Å². The topological polar surface area (TPSA) is 96.6 Å². The van der Waals surface area contributed by atoms with E-state index in [1.54, 1.807) is 22.7 Å². The number of hydrogen-bond donors (Lipinski definition) is 2. The van der Waals surface area contributed by atoms with Crippen LogP contribution in [-0.4, -0.2) is 37.6 Å². The van der Waals surface area contributed by atoms with Gasteiger partial charge in [0.25, 0.3) is 5.91 Å². The van der Waals surface area contributed by atoms with Gasteiger partial charge in [-0.1, -0.05) is 0 Å². The maximum atomic E-state index is 12.1. The summed E-state index contributed by atoms with van der Waals surface area (Å²) in [4.78, 5) is 23.0. The van der Waals surface area contributed by atoms with Crippen molar-refractivity contribution in [1.29, 1.82) is 0 Å². The van der Waals surface area contributed by atoms with Crippen molar-refractivity contribution in [2.24, 2.45) is 5.92 Å². The highest BCUT2D eigenvalue weighted by Crippen LogP contribution is 2.25. The standard InChI is InChI=1S/C13H14N4O3/c18-12(15-10-3-1-8(5-10)13(19)20)9-2-4-11-16-14-7-17(11)6-9/h2,4,6-8,10H,1,3,5H2,(H,15,18)(H,19,20)/t8-,10+/m0/s1. The third-order valence-corrected chi connectivity index (χ3v) is 3.67. The first-order valence-corrected chi connectivity index (χ1v) is 6.46. The number of carboxylic acids is 1. The summed E-state index contributed by atoms with van der Waals surface area (Å²) >= 11 is 0. The minimum atomic E-state index is -0.785. The Morgan fingerprint density at radius 2 is 2.20 bits per heavy atom. The number of rotatable bonds is 3. The van der Waals surface area contributed by atoms with Crippen LogP contribution in [0.4, 0.5) is 0 Å². The lowest BCUT2D eigenvalue weighted by Gasteiger charge is -2.12. The van der Waals surface area contributed by atoms with Crippen LogP contribution in [0.25, 0.3) is 5.65 Å². The van der Waals surface area contributed by atoms with Gasteiger partial charge in [0.1, 0.15) is 6.33 Å². The first-order valence-electron chi connectivity index (χ1n) is 6.46. The second-order valence-corrected chi connectivity index (χ2v) is 5.03. The monoisotopic (exact) mass is 274 g/mol. The maximum Gasteiger partial charge on any atom is 0.306 e. The summed E-state index contributed by atoms with van der Waals surface area (Å²) < 4.78 is 1.67. The van der Waals surface area contributed by atoms with Crippen LogP contribution in [0.5, 0.6) is 0 Å². The fraction of sp³-hybridized carbons (Fsp3) is 0.385. The first kappa shape index (κ1) is 12.6. The Labute approximate surface area is 114 Å². The number of nitrogens with one attached hydrogen (secondary N) is 1. The zero-order valence-corrected chi connectivity index (χ0v) is 10.7. The van der Waals surface area contributed by atoms with Crippen LogP contribution >= 0.6 is 0 Å². The summed E-state index contributed by atoms with van der Waals surface area (Å²) in [6, 6.07) is 3.33. The number of aromatic nitrogens is 3. The van der Waals surface area contributed by atoms with Crippen molar-refractivity contribution in [2.75, 3.05) is 0 Å². The molecule has 1 aliphatic carbocycles. The molecule has 1 amide bonds. The third kappa shape index (κ3) is 2.34. The summed E-state index contributed by atoms with van der Waals surface area (Å²) in [7, 11) is 0. The molecule has 0 unspecified atom stereocenters. The molecular weight excluding hydrogens is 260 g/mol. The van der Waals surface area contributed by atoms with Crippen LogP contribution < -0.4 is 5.32 Å². The molecule has 0 spiro atoms. The highest BCUT2D eigenvalue weighted by atomic mass is 16.4. The first-order chi connectivity index (χ1) is 9.63. The largest absolute Gasteiger partial charge is 0.481 e. The van der Waals surface area contributed by atoms with Gasteiger partial charge in [-0.15, -0.1) is 10.2 Å². The molecule has 2 aromatic rings. The van der Waals surface area contributed by atoms with Gasteiger partial charge in [-0.25, -0.2) is 0 Å². The zero-order valence-electron chi connectivity index (χ0n) is 10.7. The van der Waals surface area contributed by atoms with Gasteiger partial charge in [-0.2, -0.15) is 0 Å². The van der Waals surface area contributed by atoms with E-state index in [0.717, 1.165) is 0 Å². The SMILES string of the molecule is O=C(N[C@@H]1CC[C@H](C(=O)O)C1)c1ccc2nncn2c1. The molecule has 20 heavy (non-hydrogen) atoms. The molecule has 0 aliphatic heterocycles. The molecule has 2 heterocycles. The second kappa shape index (κ2) is 4.92. The van der Waals surface area contributed by atoms with Crippen molar-refractivity contribution in [3.05, 3.63) is 30.2 Å². The highest BCUT2D eigenvalue weighted by Gasteiger charge is 2.30. The fourth-order valence-electron chi connectivity index (χ4n) is 2.57. The Morgan fingerprint density at radius 1 is 1.35 bits per heavy atom. The maximum absolute atomic E-state index is 12.1. The Bertz CT molecular complexity index is 666. The van der Waals surface area contributed by atoms with E-state index >= 15 is 0 Å². The Morgan fingerprint density at radius 3 is 2.95 bits per heavy atom. The number of fused-ring (bicyclic) bond motifs is 1. The molecule has 1 fully saturated rings. The van der Waals surface area contributed by atoms with E-state index in [0.29, 0.717) is 30.5 Å². The molecule has 1 saturated carbocycles. The van der Waals surface area contributed by atoms with Crippen molar-refractivity contribution < 1.29 is 14.7 Å². The van der Waals surface area contributed by atoms with Gasteiger partial charge in [-0.05, 0) is 31.4 Å². The van der Waals surface area contributed by atoms with Gasteiger partial charge in [0.05, 0.1) is 11.5 Å². The van der Waals surface area contributed by atoms with Crippen LogP contribution in [0, 0.1) is 5.92 Å². The van der Waals surface area contributed by atoms with E-state index in [4.69, 9.17) is 5.11 Å². The molecule has 2 aromatic heterocycles. The van der Waals surface area contributed by atoms with Gasteiger partial charge in [-0.3, -0.25) is 14.0 Å². The molecule has 0 saturated heterocycles. The molecule has 1 aliphatic rings. The van der Waals surface area contributed by atoms with Crippen LogP contribution in [0.15, 0.2) is 24.7 Å². The summed E-state index contributed by atoms with van der Waals surface area (Å²) in [5.41, 5.74) is 1.18. The average molecular weight is 274 g/mol. The lowest BCUT2D eigenvalue weighted by molar-refractivity contribution is -0.141. The molecule has 2 atom stereocenters. The van der Waals surface area contributed by atoms with Gasteiger partial charge in [0.15, 0.2) is 5.65 Å². The van der Waals surface area contributed by atoms with E-state index in [1.807, 2.05) is 0 Å². The van der Waals surface area contributed by atoms with Gasteiger partial charge < -0.3 is 10.4 Å². The van der Waals surface area contributed by atoms with Crippen LogP contribution in [0.1, 0.15) is 29.6 Å². The number of carbonyl (C=O) groups excluding carboxylic acids is 1. The highest BCUT2D eigenvalue weighted by molar-refractivity contribution is 5.94. The van der Waals surface area contributed by atoms with Crippen LogP contribution in [-0.2, 0) is 4.79 Å². The number of aliphatic carboxylic acids is 1. The molecule has 0 bridgehead atoms. The van der Waals surface area contributed by atoms with E-state index in [-0.39, 0.29) is 17.9 Å². The van der Waals surface area contributed by atoms with Crippen molar-refractivity contribution in [3.63, 3.8) is 0 Å². The van der Waals surface area contributed by atoms with Gasteiger partial charge in [0.2, 0.25) is 0 Å². The molecule has 7 heteroatoms. The third-order valence-electron chi connectivity index (χ3n) is 3.67. The Hall–Kier alpha value is -2.44. The molecule has 3 rings (SSSR count). The molecule has 0 aromatic carbocycles. The van der Waals surface area contributed by atoms with Crippen molar-refractivity contribution in [2.45, 2.75) is 25.3 Å². The van der Waals surface area contributed by atoms with Crippen molar-refractivity contribution in [3.8, 4) is 0 Å². The fourth-order valence-corrected chi connectivity index (χ4v) is 2.57. The summed E-state index contributed by atoms with van der Waals surface area (Å²) in [5, 5.41) is 19.4. The smallest absolute Gasteiger partial charge is 0.306 e. The Balaban J connectivity index is 1.68. The van der Waals surface area contributed by atoms with E-state index < -0.39 is 5.97 Å². The van der Waals surface area contributed by atoms with Crippen LogP contribution in [0.3, 0.4) is 0 Å². The quantitative estimate of drug-likeness (QED) is 0.859. The molecular formula is C13H14N4O3. The predicted molar refractivity (Wildman–Crippen MR) is 69.2 cm³/mol. The summed E-state index contributed by atoms with van der Waals surface area (Å²) in [6.07, 6.45) is 5.01. The van der Waals surface area contributed by atoms with Gasteiger partial charge >= 0.3 is 5.97 Å². The number of carboxylic acid groups (broad SMARTS) is 1. The zero-order chi connectivity index (χ0) is 14.1. The lowest BCUT2D eigenvalue weighted by atomic mass is 10.1. The minimum Gasteiger partial charge on any atom is -0.481 e. The normalized spacial score (nSPS) is 22.0. The number of nitrogens with zero attached hydrogens (tertiary/aromatic N) is 3. The lowest BCUT2D eigenvalue weighted by Crippen LogP contribution is -2.33. The second-order valence-electron chi connectivity index (χ2n) is 5.03. The summed E-state index contributed by atoms with van der Waals surface area (Å²) in [5.74, 6) is -1.33. The molecule has 2 N–H and O–H groups in total. The molecule has 7 nitrogen and oxygen atoms in total. The number of pyridine rings is 1. The molecule has 104 valence electrons. The van der Waals surface area contributed by atoms with Crippen LogP contribution in [0.2, 0.25) is 0 Å². The van der Waals surface area contributed by atoms with Gasteiger partial charge in [0, 0.05) is 12.2 Å². The van der Waals surface area contributed by atoms with E-state index in [2.05, 4.69) is 15.5 Å². The number of carbonyl (C=O) groups is 2. The van der Waals surface area contributed by atoms with E-state index in [1.165, 1.54) is 6.33 Å². The number of hydrogen-bond acceptors (Lipinski definition) is 4.